The fourth-order valence-electron chi connectivity index (χ4n) is 3.60. The van der Waals surface area contributed by atoms with E-state index in [4.69, 9.17) is 11.6 Å². The summed E-state index contributed by atoms with van der Waals surface area (Å²) < 4.78 is 23.7. The average Bonchev–Trinajstić information content (AvgIpc) is 2.73. The summed E-state index contributed by atoms with van der Waals surface area (Å²) in [4.78, 5) is 38.1. The smallest absolute Gasteiger partial charge is 0.245 e. The zero-order valence-electron chi connectivity index (χ0n) is 15.7. The molecule has 3 unspecified atom stereocenters. The summed E-state index contributed by atoms with van der Waals surface area (Å²) in [5, 5.41) is 4.81. The molecule has 0 saturated carbocycles. The van der Waals surface area contributed by atoms with Crippen LogP contribution in [0.2, 0.25) is 5.02 Å². The topological polar surface area (TPSA) is 113 Å². The molecule has 2 N–H and O–H groups in total. The zero-order valence-corrected chi connectivity index (χ0v) is 17.3. The molecule has 2 heterocycles. The lowest BCUT2D eigenvalue weighted by molar-refractivity contribution is -0.150. The Balaban J connectivity index is 1.65. The van der Waals surface area contributed by atoms with Gasteiger partial charge in [0.05, 0.1) is 11.2 Å². The van der Waals surface area contributed by atoms with Crippen LogP contribution in [0, 0.1) is 0 Å². The van der Waals surface area contributed by atoms with Crippen LogP contribution in [0.3, 0.4) is 0 Å². The van der Waals surface area contributed by atoms with Crippen molar-refractivity contribution >= 4 is 39.2 Å². The van der Waals surface area contributed by atoms with E-state index in [-0.39, 0.29) is 18.9 Å². The van der Waals surface area contributed by atoms with Gasteiger partial charge in [-0.15, -0.1) is 0 Å². The summed E-state index contributed by atoms with van der Waals surface area (Å²) in [7, 11) is -3.67. The van der Waals surface area contributed by atoms with Crippen LogP contribution in [0.5, 0.6) is 0 Å². The molecule has 0 aliphatic carbocycles. The summed E-state index contributed by atoms with van der Waals surface area (Å²) in [6, 6.07) is 4.94. The first-order valence-electron chi connectivity index (χ1n) is 8.84. The Bertz CT molecular complexity index is 946. The van der Waals surface area contributed by atoms with E-state index in [9.17, 15) is 22.8 Å². The summed E-state index contributed by atoms with van der Waals surface area (Å²) in [5.74, 6) is -1.47. The highest BCUT2D eigenvalue weighted by Gasteiger charge is 2.67. The van der Waals surface area contributed by atoms with Crippen LogP contribution >= 0.6 is 11.6 Å². The molecular formula is C18H22ClN3O5S. The Kier molecular flexibility index (Phi) is 5.18. The van der Waals surface area contributed by atoms with Crippen molar-refractivity contribution in [3.63, 3.8) is 0 Å². The maximum Gasteiger partial charge on any atom is 0.245 e. The summed E-state index contributed by atoms with van der Waals surface area (Å²) >= 11 is 5.91. The Labute approximate surface area is 168 Å². The number of benzene rings is 1. The molecule has 3 atom stereocenters. The molecule has 1 aromatic carbocycles. The van der Waals surface area contributed by atoms with Crippen molar-refractivity contribution < 1.29 is 22.8 Å². The summed E-state index contributed by atoms with van der Waals surface area (Å²) in [5.41, 5.74) is 0.802. The Hall–Kier alpha value is -2.13. The Morgan fingerprint density at radius 1 is 1.36 bits per heavy atom. The molecule has 0 spiro atoms. The van der Waals surface area contributed by atoms with Crippen molar-refractivity contribution in [1.82, 2.24) is 15.5 Å². The van der Waals surface area contributed by atoms with Crippen molar-refractivity contribution in [1.29, 1.82) is 0 Å². The number of sulfone groups is 1. The van der Waals surface area contributed by atoms with E-state index in [1.54, 1.807) is 24.3 Å². The number of fused-ring (bicyclic) bond motifs is 1. The van der Waals surface area contributed by atoms with E-state index in [1.165, 1.54) is 20.8 Å². The predicted molar refractivity (Wildman–Crippen MR) is 103 cm³/mol. The minimum atomic E-state index is -3.67. The van der Waals surface area contributed by atoms with Crippen LogP contribution in [0.25, 0.3) is 0 Å². The number of nitrogens with one attached hydrogen (secondary N) is 2. The molecule has 10 heteroatoms. The quantitative estimate of drug-likeness (QED) is 0.668. The van der Waals surface area contributed by atoms with Gasteiger partial charge in [-0.25, -0.2) is 8.42 Å². The second-order valence-electron chi connectivity index (χ2n) is 7.59. The first-order valence-corrected chi connectivity index (χ1v) is 10.8. The molecule has 2 aliphatic heterocycles. The molecule has 0 radical (unpaired) electrons. The number of carbonyl (C=O) groups is 3. The number of hydrogen-bond donors (Lipinski definition) is 2. The molecule has 2 fully saturated rings. The average molecular weight is 428 g/mol. The molecule has 8 nitrogen and oxygen atoms in total. The SMILES string of the molecule is CC(NC(=O)C1N2C(=O)CC2S(=O)(=O)C1(C)C)C(=O)NCc1cccc(Cl)c1. The number of hydrogen-bond acceptors (Lipinski definition) is 5. The van der Waals surface area contributed by atoms with Crippen LogP contribution in [-0.2, 0) is 30.8 Å². The first-order chi connectivity index (χ1) is 13.0. The molecule has 1 aromatic rings. The Morgan fingerprint density at radius 3 is 2.64 bits per heavy atom. The second kappa shape index (κ2) is 7.04. The van der Waals surface area contributed by atoms with Crippen LogP contribution < -0.4 is 10.6 Å². The van der Waals surface area contributed by atoms with Crippen LogP contribution in [0.1, 0.15) is 32.8 Å². The van der Waals surface area contributed by atoms with Gasteiger partial charge < -0.3 is 15.5 Å². The molecule has 0 aromatic heterocycles. The van der Waals surface area contributed by atoms with Gasteiger partial charge in [0.1, 0.15) is 17.5 Å². The van der Waals surface area contributed by atoms with Crippen molar-refractivity contribution in [2.24, 2.45) is 0 Å². The minimum absolute atomic E-state index is 0.106. The van der Waals surface area contributed by atoms with Gasteiger partial charge in [-0.1, -0.05) is 23.7 Å². The molecule has 152 valence electrons. The highest BCUT2D eigenvalue weighted by atomic mass is 35.5. The largest absolute Gasteiger partial charge is 0.350 e. The molecule has 2 saturated heterocycles. The minimum Gasteiger partial charge on any atom is -0.350 e. The van der Waals surface area contributed by atoms with Gasteiger partial charge in [-0.2, -0.15) is 0 Å². The number of rotatable bonds is 5. The van der Waals surface area contributed by atoms with Crippen LogP contribution in [0.4, 0.5) is 0 Å². The lowest BCUT2D eigenvalue weighted by atomic mass is 9.97. The molecule has 3 amide bonds. The molecular weight excluding hydrogens is 406 g/mol. The number of carbonyl (C=O) groups excluding carboxylic acids is 3. The van der Waals surface area contributed by atoms with Gasteiger partial charge in [-0.05, 0) is 38.5 Å². The molecule has 3 rings (SSSR count). The third kappa shape index (κ3) is 3.26. The van der Waals surface area contributed by atoms with Crippen molar-refractivity contribution in [2.45, 2.75) is 55.9 Å². The standard InChI is InChI=1S/C18H22ClN3O5S/c1-10(16(24)20-9-11-5-4-6-12(19)7-11)21-17(25)15-18(2,3)28(26,27)14-8-13(23)22(14)15/h4-7,10,14-15H,8-9H2,1-3H3,(H,20,24)(H,21,25). The van der Waals surface area contributed by atoms with Gasteiger partial charge in [0.2, 0.25) is 17.7 Å². The Morgan fingerprint density at radius 2 is 2.04 bits per heavy atom. The van der Waals surface area contributed by atoms with E-state index in [0.29, 0.717) is 5.02 Å². The normalized spacial score (nSPS) is 25.4. The third-order valence-corrected chi connectivity index (χ3v) is 8.37. The van der Waals surface area contributed by atoms with E-state index in [0.717, 1.165) is 10.5 Å². The molecule has 28 heavy (non-hydrogen) atoms. The lowest BCUT2D eigenvalue weighted by Crippen LogP contribution is -2.61. The maximum atomic E-state index is 12.8. The highest BCUT2D eigenvalue weighted by Crippen LogP contribution is 2.45. The third-order valence-electron chi connectivity index (χ3n) is 5.33. The van der Waals surface area contributed by atoms with Crippen molar-refractivity contribution in [3.05, 3.63) is 34.9 Å². The first kappa shape index (κ1) is 20.6. The fraction of sp³-hybridized carbons (Fsp3) is 0.500. The van der Waals surface area contributed by atoms with Gasteiger partial charge in [0.25, 0.3) is 0 Å². The van der Waals surface area contributed by atoms with E-state index < -0.39 is 43.9 Å². The predicted octanol–water partition coefficient (Wildman–Crippen LogP) is 0.595. The van der Waals surface area contributed by atoms with Gasteiger partial charge in [0, 0.05) is 11.6 Å². The number of halogens is 1. The van der Waals surface area contributed by atoms with Gasteiger partial charge in [-0.3, -0.25) is 14.4 Å². The molecule has 2 aliphatic rings. The zero-order chi connectivity index (χ0) is 20.9. The maximum absolute atomic E-state index is 12.8. The van der Waals surface area contributed by atoms with Crippen molar-refractivity contribution in [3.8, 4) is 0 Å². The van der Waals surface area contributed by atoms with E-state index in [1.807, 2.05) is 0 Å². The van der Waals surface area contributed by atoms with Gasteiger partial charge >= 0.3 is 0 Å². The molecule has 0 bridgehead atoms. The number of amides is 3. The fourth-order valence-corrected chi connectivity index (χ4v) is 5.95. The van der Waals surface area contributed by atoms with E-state index >= 15 is 0 Å². The second-order valence-corrected chi connectivity index (χ2v) is 10.7. The van der Waals surface area contributed by atoms with Crippen LogP contribution in [-0.4, -0.2) is 53.2 Å². The van der Waals surface area contributed by atoms with Gasteiger partial charge in [0.15, 0.2) is 9.84 Å². The van der Waals surface area contributed by atoms with Crippen LogP contribution in [0.15, 0.2) is 24.3 Å². The monoisotopic (exact) mass is 427 g/mol. The number of β-lactam (4-membered cyclic amide) rings is 1. The summed E-state index contributed by atoms with van der Waals surface area (Å²) in [6.45, 7) is 4.59. The van der Waals surface area contributed by atoms with Crippen molar-refractivity contribution in [2.75, 3.05) is 0 Å². The lowest BCUT2D eigenvalue weighted by Gasteiger charge is -2.37. The number of nitrogens with zero attached hydrogens (tertiary/aromatic N) is 1. The van der Waals surface area contributed by atoms with E-state index in [2.05, 4.69) is 10.6 Å². The highest BCUT2D eigenvalue weighted by molar-refractivity contribution is 7.93. The summed E-state index contributed by atoms with van der Waals surface area (Å²) in [6.07, 6.45) is -0.106.